The molecule has 1 saturated heterocycles. The van der Waals surface area contributed by atoms with Crippen molar-refractivity contribution in [3.8, 4) is 0 Å². The second kappa shape index (κ2) is 7.68. The molecule has 28 heavy (non-hydrogen) atoms. The highest BCUT2D eigenvalue weighted by atomic mass is 16.2. The summed E-state index contributed by atoms with van der Waals surface area (Å²) < 4.78 is 4.03. The van der Waals surface area contributed by atoms with E-state index in [0.29, 0.717) is 18.2 Å². The molecule has 1 aliphatic heterocycles. The predicted molar refractivity (Wildman–Crippen MR) is 107 cm³/mol. The van der Waals surface area contributed by atoms with Crippen molar-refractivity contribution in [2.24, 2.45) is 11.3 Å². The summed E-state index contributed by atoms with van der Waals surface area (Å²) in [4.78, 5) is 15.2. The number of hydrogen-bond donors (Lipinski definition) is 0. The van der Waals surface area contributed by atoms with Crippen LogP contribution in [-0.2, 0) is 13.1 Å². The van der Waals surface area contributed by atoms with Crippen molar-refractivity contribution < 1.29 is 4.79 Å². The van der Waals surface area contributed by atoms with Crippen molar-refractivity contribution in [1.29, 1.82) is 0 Å². The fraction of sp³-hybridized carbons (Fsp3) is 0.714. The zero-order chi connectivity index (χ0) is 19.7. The number of hydrogen-bond acceptors (Lipinski definition) is 4. The van der Waals surface area contributed by atoms with Gasteiger partial charge in [0, 0.05) is 38.3 Å². The molecule has 2 aliphatic rings. The molecular formula is C21H32N6O. The molecule has 2 aromatic heterocycles. The van der Waals surface area contributed by atoms with Gasteiger partial charge in [0.05, 0.1) is 0 Å². The molecule has 1 spiro atoms. The smallest absolute Gasteiger partial charge is 0.274 e. The Labute approximate surface area is 167 Å². The highest BCUT2D eigenvalue weighted by Crippen LogP contribution is 2.51. The van der Waals surface area contributed by atoms with E-state index in [-0.39, 0.29) is 17.2 Å². The second-order valence-electron chi connectivity index (χ2n) is 8.95. The van der Waals surface area contributed by atoms with Crippen molar-refractivity contribution in [3.05, 3.63) is 30.1 Å². The Balaban J connectivity index is 1.63. The third kappa shape index (κ3) is 3.47. The maximum Gasteiger partial charge on any atom is 0.274 e. The third-order valence-electron chi connectivity index (χ3n) is 6.49. The predicted octanol–water partition coefficient (Wildman–Crippen LogP) is 3.34. The molecule has 1 amide bonds. The first kappa shape index (κ1) is 19.2. The maximum atomic E-state index is 13.2. The van der Waals surface area contributed by atoms with Crippen LogP contribution in [0.4, 0.5) is 0 Å². The molecule has 7 heteroatoms. The number of aromatic nitrogens is 5. The lowest BCUT2D eigenvalue weighted by molar-refractivity contribution is 0.0751. The van der Waals surface area contributed by atoms with E-state index in [1.165, 1.54) is 32.1 Å². The van der Waals surface area contributed by atoms with Gasteiger partial charge in [-0.25, -0.2) is 0 Å². The molecule has 1 unspecified atom stereocenters. The van der Waals surface area contributed by atoms with Crippen LogP contribution in [0.1, 0.15) is 75.1 Å². The first-order valence-corrected chi connectivity index (χ1v) is 10.7. The molecule has 0 bridgehead atoms. The molecule has 2 fully saturated rings. The van der Waals surface area contributed by atoms with Crippen LogP contribution < -0.4 is 0 Å². The lowest BCUT2D eigenvalue weighted by atomic mass is 9.67. The summed E-state index contributed by atoms with van der Waals surface area (Å²) in [6, 6.07) is 1.84. The van der Waals surface area contributed by atoms with Crippen LogP contribution in [0.25, 0.3) is 0 Å². The monoisotopic (exact) mass is 384 g/mol. The van der Waals surface area contributed by atoms with Crippen molar-refractivity contribution >= 4 is 5.91 Å². The second-order valence-corrected chi connectivity index (χ2v) is 8.95. The highest BCUT2D eigenvalue weighted by molar-refractivity contribution is 5.92. The summed E-state index contributed by atoms with van der Waals surface area (Å²) >= 11 is 0. The summed E-state index contributed by atoms with van der Waals surface area (Å²) in [7, 11) is 0. The van der Waals surface area contributed by atoms with Gasteiger partial charge in [-0.05, 0) is 37.2 Å². The van der Waals surface area contributed by atoms with Gasteiger partial charge < -0.3 is 9.47 Å². The molecule has 2 aromatic rings. The standard InChI is InChI=1S/C21H32N6O/c1-4-27-11-8-18(24-27)20(28)25-13-17(21(14-25)9-6-5-7-10-21)19-23-22-15-26(19)12-16(2)3/h8,11,15-17H,4-7,9-10,12-14H2,1-3H3. The molecule has 1 atom stereocenters. The van der Waals surface area contributed by atoms with E-state index >= 15 is 0 Å². The number of carbonyl (C=O) groups excluding carboxylic acids is 1. The maximum absolute atomic E-state index is 13.2. The van der Waals surface area contributed by atoms with Crippen LogP contribution in [0.15, 0.2) is 18.6 Å². The Morgan fingerprint density at radius 1 is 1.29 bits per heavy atom. The van der Waals surface area contributed by atoms with Crippen LogP contribution >= 0.6 is 0 Å². The Hall–Kier alpha value is -2.18. The molecule has 1 saturated carbocycles. The molecule has 7 nitrogen and oxygen atoms in total. The number of aryl methyl sites for hydroxylation is 1. The van der Waals surface area contributed by atoms with E-state index in [4.69, 9.17) is 0 Å². The molecule has 152 valence electrons. The van der Waals surface area contributed by atoms with Gasteiger partial charge in [0.25, 0.3) is 5.91 Å². The fourth-order valence-electron chi connectivity index (χ4n) is 5.12. The lowest BCUT2D eigenvalue weighted by Gasteiger charge is -2.37. The average Bonchev–Trinajstić information content (AvgIpc) is 3.40. The highest BCUT2D eigenvalue weighted by Gasteiger charge is 2.50. The molecule has 1 aliphatic carbocycles. The van der Waals surface area contributed by atoms with E-state index in [0.717, 1.165) is 25.5 Å². The summed E-state index contributed by atoms with van der Waals surface area (Å²) in [6.07, 6.45) is 9.85. The number of amides is 1. The van der Waals surface area contributed by atoms with E-state index < -0.39 is 0 Å². The van der Waals surface area contributed by atoms with Crippen LogP contribution in [0.2, 0.25) is 0 Å². The SMILES string of the molecule is CCn1ccc(C(=O)N2CC(c3nncn3CC(C)C)C3(CCCCC3)C2)n1. The quantitative estimate of drug-likeness (QED) is 0.793. The minimum atomic E-state index is 0.0505. The molecule has 3 heterocycles. The molecule has 4 rings (SSSR count). The van der Waals surface area contributed by atoms with Gasteiger partial charge in [0.2, 0.25) is 0 Å². The van der Waals surface area contributed by atoms with Crippen molar-refractivity contribution in [2.75, 3.05) is 13.1 Å². The van der Waals surface area contributed by atoms with Crippen molar-refractivity contribution in [1.82, 2.24) is 29.4 Å². The molecule has 0 aromatic carbocycles. The van der Waals surface area contributed by atoms with E-state index in [1.807, 2.05) is 35.1 Å². The van der Waals surface area contributed by atoms with Gasteiger partial charge in [-0.15, -0.1) is 10.2 Å². The van der Waals surface area contributed by atoms with Gasteiger partial charge >= 0.3 is 0 Å². The summed E-state index contributed by atoms with van der Waals surface area (Å²) in [5.41, 5.74) is 0.681. The first-order valence-electron chi connectivity index (χ1n) is 10.7. The summed E-state index contributed by atoms with van der Waals surface area (Å²) in [5, 5.41) is 13.2. The van der Waals surface area contributed by atoms with Gasteiger partial charge in [-0.1, -0.05) is 33.1 Å². The number of likely N-dealkylation sites (tertiary alicyclic amines) is 1. The number of nitrogens with zero attached hydrogens (tertiary/aromatic N) is 6. The number of rotatable bonds is 5. The minimum Gasteiger partial charge on any atom is -0.336 e. The van der Waals surface area contributed by atoms with Crippen LogP contribution in [0.5, 0.6) is 0 Å². The first-order chi connectivity index (χ1) is 13.5. The van der Waals surface area contributed by atoms with Crippen LogP contribution in [0, 0.1) is 11.3 Å². The number of carbonyl (C=O) groups is 1. The Kier molecular flexibility index (Phi) is 5.25. The molecular weight excluding hydrogens is 352 g/mol. The van der Waals surface area contributed by atoms with Crippen molar-refractivity contribution in [3.63, 3.8) is 0 Å². The van der Waals surface area contributed by atoms with Gasteiger partial charge in [0.1, 0.15) is 17.8 Å². The van der Waals surface area contributed by atoms with Gasteiger partial charge in [-0.3, -0.25) is 9.48 Å². The third-order valence-corrected chi connectivity index (χ3v) is 6.49. The molecule has 0 radical (unpaired) electrons. The normalized spacial score (nSPS) is 21.7. The van der Waals surface area contributed by atoms with E-state index in [1.54, 1.807) is 0 Å². The Morgan fingerprint density at radius 3 is 2.75 bits per heavy atom. The van der Waals surface area contributed by atoms with Gasteiger partial charge in [0.15, 0.2) is 0 Å². The summed E-state index contributed by atoms with van der Waals surface area (Å²) in [5.74, 6) is 1.90. The Bertz CT molecular complexity index is 816. The van der Waals surface area contributed by atoms with Gasteiger partial charge in [-0.2, -0.15) is 5.10 Å². The lowest BCUT2D eigenvalue weighted by Crippen LogP contribution is -2.35. The molecule has 0 N–H and O–H groups in total. The van der Waals surface area contributed by atoms with E-state index in [2.05, 4.69) is 33.7 Å². The topological polar surface area (TPSA) is 68.8 Å². The zero-order valence-corrected chi connectivity index (χ0v) is 17.3. The van der Waals surface area contributed by atoms with Crippen LogP contribution in [0.3, 0.4) is 0 Å². The summed E-state index contributed by atoms with van der Waals surface area (Å²) in [6.45, 7) is 9.69. The minimum absolute atomic E-state index is 0.0505. The fourth-order valence-corrected chi connectivity index (χ4v) is 5.12. The zero-order valence-electron chi connectivity index (χ0n) is 17.3. The van der Waals surface area contributed by atoms with Crippen molar-refractivity contribution in [2.45, 2.75) is 71.9 Å². The van der Waals surface area contributed by atoms with Crippen LogP contribution in [-0.4, -0.2) is 48.4 Å². The average molecular weight is 385 g/mol. The largest absolute Gasteiger partial charge is 0.336 e. The van der Waals surface area contributed by atoms with E-state index in [9.17, 15) is 4.79 Å². The Morgan fingerprint density at radius 2 is 2.07 bits per heavy atom.